The Morgan fingerprint density at radius 3 is 1.90 bits per heavy atom. The normalized spacial score (nSPS) is 38.1. The summed E-state index contributed by atoms with van der Waals surface area (Å²) in [5.74, 6) is 1.65. The SMILES string of the molecule is CO[Si](OC)(C1CC(C)CC(C)C1)C1CCCC1(C)C. The van der Waals surface area contributed by atoms with Crippen LogP contribution in [0.1, 0.15) is 66.2 Å². The molecular weight excluding hydrogens is 264 g/mol. The van der Waals surface area contributed by atoms with E-state index < -0.39 is 8.56 Å². The highest BCUT2D eigenvalue weighted by molar-refractivity contribution is 6.70. The maximum Gasteiger partial charge on any atom is 0.344 e. The van der Waals surface area contributed by atoms with Crippen molar-refractivity contribution in [1.29, 1.82) is 0 Å². The van der Waals surface area contributed by atoms with Gasteiger partial charge in [-0.25, -0.2) is 0 Å². The van der Waals surface area contributed by atoms with E-state index in [9.17, 15) is 0 Å². The smallest absolute Gasteiger partial charge is 0.344 e. The molecule has 0 radical (unpaired) electrons. The first kappa shape index (κ1) is 16.5. The van der Waals surface area contributed by atoms with Crippen LogP contribution in [0.4, 0.5) is 0 Å². The topological polar surface area (TPSA) is 18.5 Å². The second-order valence-corrected chi connectivity index (χ2v) is 12.0. The van der Waals surface area contributed by atoms with Crippen LogP contribution in [0.5, 0.6) is 0 Å². The van der Waals surface area contributed by atoms with E-state index in [2.05, 4.69) is 27.7 Å². The van der Waals surface area contributed by atoms with Gasteiger partial charge in [-0.1, -0.05) is 34.1 Å². The molecule has 0 aromatic rings. The first-order valence-electron chi connectivity index (χ1n) is 8.46. The predicted molar refractivity (Wildman–Crippen MR) is 87.1 cm³/mol. The molecule has 0 aromatic heterocycles. The fourth-order valence-corrected chi connectivity index (χ4v) is 10.6. The van der Waals surface area contributed by atoms with Crippen molar-refractivity contribution in [1.82, 2.24) is 0 Å². The minimum Gasteiger partial charge on any atom is -0.397 e. The third-order valence-electron chi connectivity index (χ3n) is 6.13. The monoisotopic (exact) mass is 298 g/mol. The molecule has 2 saturated carbocycles. The summed E-state index contributed by atoms with van der Waals surface area (Å²) in [4.78, 5) is 0. The molecule has 20 heavy (non-hydrogen) atoms. The van der Waals surface area contributed by atoms with Gasteiger partial charge in [0.1, 0.15) is 0 Å². The van der Waals surface area contributed by atoms with Crippen LogP contribution >= 0.6 is 0 Å². The summed E-state index contributed by atoms with van der Waals surface area (Å²) < 4.78 is 12.5. The van der Waals surface area contributed by atoms with Crippen LogP contribution in [0, 0.1) is 17.3 Å². The fraction of sp³-hybridized carbons (Fsp3) is 1.00. The van der Waals surface area contributed by atoms with Crippen LogP contribution in [0.25, 0.3) is 0 Å². The van der Waals surface area contributed by atoms with Gasteiger partial charge in [0.05, 0.1) is 0 Å². The fourth-order valence-electron chi connectivity index (χ4n) is 5.33. The first-order chi connectivity index (χ1) is 9.35. The van der Waals surface area contributed by atoms with Crippen LogP contribution in [0.2, 0.25) is 11.1 Å². The largest absolute Gasteiger partial charge is 0.397 e. The maximum absolute atomic E-state index is 6.26. The average molecular weight is 299 g/mol. The Kier molecular flexibility index (Phi) is 5.03. The Morgan fingerprint density at radius 2 is 1.50 bits per heavy atom. The van der Waals surface area contributed by atoms with Crippen molar-refractivity contribution in [3.63, 3.8) is 0 Å². The van der Waals surface area contributed by atoms with Gasteiger partial charge >= 0.3 is 8.56 Å². The van der Waals surface area contributed by atoms with Crippen LogP contribution in [0.3, 0.4) is 0 Å². The molecule has 3 atom stereocenters. The summed E-state index contributed by atoms with van der Waals surface area (Å²) in [5.41, 5.74) is 1.73. The van der Waals surface area contributed by atoms with Gasteiger partial charge in [0.2, 0.25) is 0 Å². The molecule has 2 fully saturated rings. The molecular formula is C17H34O2Si. The minimum absolute atomic E-state index is 0.391. The quantitative estimate of drug-likeness (QED) is 0.670. The van der Waals surface area contributed by atoms with Gasteiger partial charge in [0, 0.05) is 25.3 Å². The van der Waals surface area contributed by atoms with Crippen molar-refractivity contribution in [2.45, 2.75) is 77.3 Å². The van der Waals surface area contributed by atoms with E-state index in [0.29, 0.717) is 16.5 Å². The molecule has 2 rings (SSSR count). The zero-order chi connectivity index (χ0) is 15.0. The third kappa shape index (κ3) is 2.86. The predicted octanol–water partition coefficient (Wildman–Crippen LogP) is 5.13. The standard InChI is InChI=1S/C17H34O2Si/c1-13-10-14(2)12-15(11-13)20(18-5,19-6)16-8-7-9-17(16,3)4/h13-16H,7-12H2,1-6H3. The van der Waals surface area contributed by atoms with Crippen molar-refractivity contribution in [3.8, 4) is 0 Å². The van der Waals surface area contributed by atoms with E-state index in [4.69, 9.17) is 8.85 Å². The lowest BCUT2D eigenvalue weighted by Gasteiger charge is -2.47. The Balaban J connectivity index is 2.29. The highest BCUT2D eigenvalue weighted by Crippen LogP contribution is 2.58. The molecule has 3 heteroatoms. The molecule has 0 bridgehead atoms. The van der Waals surface area contributed by atoms with Crippen molar-refractivity contribution in [2.75, 3.05) is 14.2 Å². The Hall–Kier alpha value is 0.137. The molecule has 2 aliphatic rings. The molecule has 2 aliphatic carbocycles. The van der Waals surface area contributed by atoms with E-state index in [-0.39, 0.29) is 0 Å². The van der Waals surface area contributed by atoms with E-state index in [1.165, 1.54) is 38.5 Å². The zero-order valence-electron chi connectivity index (χ0n) is 14.4. The molecule has 3 unspecified atom stereocenters. The molecule has 0 aromatic carbocycles. The second-order valence-electron chi connectivity index (χ2n) is 8.18. The van der Waals surface area contributed by atoms with Crippen molar-refractivity contribution < 1.29 is 8.85 Å². The lowest BCUT2D eigenvalue weighted by atomic mass is 9.83. The second kappa shape index (κ2) is 6.10. The summed E-state index contributed by atoms with van der Waals surface area (Å²) in [5, 5.41) is 0. The van der Waals surface area contributed by atoms with E-state index >= 15 is 0 Å². The van der Waals surface area contributed by atoms with Crippen LogP contribution < -0.4 is 0 Å². The summed E-state index contributed by atoms with van der Waals surface area (Å²) in [7, 11) is 1.72. The van der Waals surface area contributed by atoms with Gasteiger partial charge in [-0.15, -0.1) is 0 Å². The van der Waals surface area contributed by atoms with Crippen molar-refractivity contribution in [2.24, 2.45) is 17.3 Å². The number of rotatable bonds is 4. The highest BCUT2D eigenvalue weighted by atomic mass is 28.4. The van der Waals surface area contributed by atoms with Crippen LogP contribution in [0.15, 0.2) is 0 Å². The van der Waals surface area contributed by atoms with Gasteiger partial charge in [-0.05, 0) is 49.4 Å². The number of hydrogen-bond donors (Lipinski definition) is 0. The lowest BCUT2D eigenvalue weighted by molar-refractivity contribution is 0.162. The summed E-state index contributed by atoms with van der Waals surface area (Å²) in [6, 6.07) is 0. The highest BCUT2D eigenvalue weighted by Gasteiger charge is 2.58. The molecule has 118 valence electrons. The van der Waals surface area contributed by atoms with Crippen LogP contribution in [-0.2, 0) is 8.85 Å². The third-order valence-corrected chi connectivity index (χ3v) is 11.1. The average Bonchev–Trinajstić information content (AvgIpc) is 2.71. The lowest BCUT2D eigenvalue weighted by Crippen LogP contribution is -2.54. The Bertz CT molecular complexity index is 315. The van der Waals surface area contributed by atoms with Gasteiger partial charge in [-0.3, -0.25) is 0 Å². The van der Waals surface area contributed by atoms with Crippen LogP contribution in [-0.4, -0.2) is 22.8 Å². The van der Waals surface area contributed by atoms with E-state index in [1.807, 2.05) is 14.2 Å². The molecule has 0 spiro atoms. The number of hydrogen-bond acceptors (Lipinski definition) is 2. The molecule has 0 heterocycles. The molecule has 0 saturated heterocycles. The van der Waals surface area contributed by atoms with E-state index in [1.54, 1.807) is 0 Å². The minimum atomic E-state index is -2.13. The zero-order valence-corrected chi connectivity index (χ0v) is 15.4. The van der Waals surface area contributed by atoms with Gasteiger partial charge in [-0.2, -0.15) is 0 Å². The van der Waals surface area contributed by atoms with Gasteiger partial charge < -0.3 is 8.85 Å². The molecule has 0 amide bonds. The Labute approximate surface area is 126 Å². The summed E-state index contributed by atoms with van der Waals surface area (Å²) >= 11 is 0. The Morgan fingerprint density at radius 1 is 0.950 bits per heavy atom. The summed E-state index contributed by atoms with van der Waals surface area (Å²) in [6.07, 6.45) is 7.98. The van der Waals surface area contributed by atoms with E-state index in [0.717, 1.165) is 11.8 Å². The van der Waals surface area contributed by atoms with Crippen molar-refractivity contribution >= 4 is 8.56 Å². The summed E-state index contributed by atoms with van der Waals surface area (Å²) in [6.45, 7) is 9.68. The molecule has 0 aliphatic heterocycles. The van der Waals surface area contributed by atoms with Crippen molar-refractivity contribution in [3.05, 3.63) is 0 Å². The molecule has 2 nitrogen and oxygen atoms in total. The first-order valence-corrected chi connectivity index (χ1v) is 10.4. The molecule has 0 N–H and O–H groups in total. The van der Waals surface area contributed by atoms with Gasteiger partial charge in [0.25, 0.3) is 0 Å². The maximum atomic E-state index is 6.26. The van der Waals surface area contributed by atoms with Gasteiger partial charge in [0.15, 0.2) is 0 Å².